The zero-order valence-electron chi connectivity index (χ0n) is 14.9. The average Bonchev–Trinajstić information content (AvgIpc) is 3.09. The second kappa shape index (κ2) is 5.94. The smallest absolute Gasteiger partial charge is 0.296 e. The molecule has 4 saturated carbocycles. The summed E-state index contributed by atoms with van der Waals surface area (Å²) in [5.74, 6) is 1.87. The second-order valence-corrected chi connectivity index (χ2v) is 9.67. The molecule has 1 heterocycles. The van der Waals surface area contributed by atoms with Gasteiger partial charge in [0.15, 0.2) is 0 Å². The van der Waals surface area contributed by atoms with Crippen LogP contribution in [0.25, 0.3) is 5.57 Å². The third-order valence-corrected chi connectivity index (χ3v) is 7.64. The molecule has 5 aliphatic carbocycles. The maximum atomic E-state index is 11.8. The number of aliphatic hydroxyl groups excluding tert-OH is 1. The molecular weight excluding hydrogens is 366 g/mol. The monoisotopic (exact) mass is 389 g/mol. The van der Waals surface area contributed by atoms with Gasteiger partial charge in [-0.15, -0.1) is 11.3 Å². The van der Waals surface area contributed by atoms with Crippen molar-refractivity contribution in [1.82, 2.24) is 10.3 Å². The lowest BCUT2D eigenvalue weighted by Gasteiger charge is -2.58. The molecule has 8 heteroatoms. The standard InChI is InChI=1S/C19H23N3O4S/c23-16-7-14(17-20-1-2-27-17)6-15(22(25)26)19(16,24)21-18-8-11-3-12(9-18)5-13(4-11)10-18/h1-2,6-7,11-13,16,21,23-24H,3-5,8-10H2. The number of nitro groups is 1. The van der Waals surface area contributed by atoms with Crippen LogP contribution in [0.5, 0.6) is 0 Å². The molecule has 1 aromatic heterocycles. The Kier molecular flexibility index (Phi) is 3.85. The van der Waals surface area contributed by atoms with Gasteiger partial charge in [-0.2, -0.15) is 0 Å². The Hall–Kier alpha value is -1.61. The normalized spacial score (nSPS) is 42.7. The van der Waals surface area contributed by atoms with Gasteiger partial charge in [-0.1, -0.05) is 0 Å². The Bertz CT molecular complexity index is 799. The Morgan fingerprint density at radius 3 is 2.37 bits per heavy atom. The summed E-state index contributed by atoms with van der Waals surface area (Å²) >= 11 is 1.34. The highest BCUT2D eigenvalue weighted by Gasteiger charge is 2.58. The van der Waals surface area contributed by atoms with E-state index in [0.717, 1.165) is 19.3 Å². The molecule has 2 unspecified atom stereocenters. The van der Waals surface area contributed by atoms with Crippen LogP contribution in [0.2, 0.25) is 0 Å². The Morgan fingerprint density at radius 1 is 1.22 bits per heavy atom. The first-order valence-corrected chi connectivity index (χ1v) is 10.4. The van der Waals surface area contributed by atoms with E-state index in [1.54, 1.807) is 11.6 Å². The molecule has 4 fully saturated rings. The topological polar surface area (TPSA) is 109 Å². The van der Waals surface area contributed by atoms with Crippen LogP contribution < -0.4 is 5.32 Å². The van der Waals surface area contributed by atoms with Crippen molar-refractivity contribution in [2.45, 2.75) is 55.9 Å². The summed E-state index contributed by atoms with van der Waals surface area (Å²) < 4.78 is 0. The van der Waals surface area contributed by atoms with Crippen molar-refractivity contribution in [3.63, 3.8) is 0 Å². The molecule has 27 heavy (non-hydrogen) atoms. The Morgan fingerprint density at radius 2 is 1.85 bits per heavy atom. The number of hydrogen-bond acceptors (Lipinski definition) is 7. The summed E-state index contributed by atoms with van der Waals surface area (Å²) in [5.41, 5.74) is -2.35. The van der Waals surface area contributed by atoms with E-state index in [4.69, 9.17) is 0 Å². The highest BCUT2D eigenvalue weighted by Crippen LogP contribution is 2.56. The fourth-order valence-corrected chi connectivity index (χ4v) is 6.88. The number of aromatic nitrogens is 1. The molecule has 2 atom stereocenters. The summed E-state index contributed by atoms with van der Waals surface area (Å²) in [7, 11) is 0. The largest absolute Gasteiger partial charge is 0.384 e. The molecule has 144 valence electrons. The summed E-state index contributed by atoms with van der Waals surface area (Å²) in [5, 5.41) is 39.5. The Balaban J connectivity index is 1.49. The zero-order valence-corrected chi connectivity index (χ0v) is 15.7. The first-order valence-electron chi connectivity index (χ1n) is 9.55. The van der Waals surface area contributed by atoms with E-state index in [9.17, 15) is 20.3 Å². The quantitative estimate of drug-likeness (QED) is 0.414. The Labute approximate surface area is 161 Å². The van der Waals surface area contributed by atoms with Crippen LogP contribution >= 0.6 is 11.3 Å². The van der Waals surface area contributed by atoms with Crippen molar-refractivity contribution in [2.75, 3.05) is 0 Å². The molecule has 0 radical (unpaired) electrons. The predicted octanol–water partition coefficient (Wildman–Crippen LogP) is 2.31. The van der Waals surface area contributed by atoms with E-state index in [1.807, 2.05) is 0 Å². The van der Waals surface area contributed by atoms with Crippen molar-refractivity contribution in [3.05, 3.63) is 44.5 Å². The fourth-order valence-electron chi connectivity index (χ4n) is 6.24. The number of hydrogen-bond donors (Lipinski definition) is 3. The van der Waals surface area contributed by atoms with Crippen LogP contribution in [0.1, 0.15) is 43.5 Å². The van der Waals surface area contributed by atoms with Crippen LogP contribution in [0.3, 0.4) is 0 Å². The van der Waals surface area contributed by atoms with Gasteiger partial charge in [-0.3, -0.25) is 15.4 Å². The molecule has 6 rings (SSSR count). The number of rotatable bonds is 4. The predicted molar refractivity (Wildman–Crippen MR) is 100 cm³/mol. The van der Waals surface area contributed by atoms with Gasteiger partial charge in [0.25, 0.3) is 5.70 Å². The first-order chi connectivity index (χ1) is 12.9. The van der Waals surface area contributed by atoms with E-state index in [2.05, 4.69) is 10.3 Å². The van der Waals surface area contributed by atoms with Crippen LogP contribution in [0.15, 0.2) is 29.4 Å². The number of nitrogens with one attached hydrogen (secondary N) is 1. The van der Waals surface area contributed by atoms with E-state index in [-0.39, 0.29) is 5.54 Å². The van der Waals surface area contributed by atoms with Gasteiger partial charge < -0.3 is 10.2 Å². The lowest BCUT2D eigenvalue weighted by molar-refractivity contribution is -0.451. The van der Waals surface area contributed by atoms with Crippen molar-refractivity contribution >= 4 is 16.9 Å². The SMILES string of the molecule is O=[N+]([O-])C1=CC(c2nccs2)=CC(O)C1(O)NC12CC3CC(CC(C3)C1)C2. The minimum Gasteiger partial charge on any atom is -0.384 e. The van der Waals surface area contributed by atoms with Crippen molar-refractivity contribution < 1.29 is 15.1 Å². The second-order valence-electron chi connectivity index (χ2n) is 8.78. The molecule has 3 N–H and O–H groups in total. The molecule has 0 amide bonds. The maximum Gasteiger partial charge on any atom is 0.296 e. The van der Waals surface area contributed by atoms with Gasteiger partial charge in [0.2, 0.25) is 5.72 Å². The third kappa shape index (κ3) is 2.77. The molecule has 5 aliphatic rings. The van der Waals surface area contributed by atoms with Crippen molar-refractivity contribution in [3.8, 4) is 0 Å². The van der Waals surface area contributed by atoms with Crippen LogP contribution in [-0.4, -0.2) is 37.5 Å². The molecule has 0 aromatic carbocycles. The van der Waals surface area contributed by atoms with Crippen LogP contribution in [0.4, 0.5) is 0 Å². The van der Waals surface area contributed by atoms with Gasteiger partial charge in [0.1, 0.15) is 11.1 Å². The van der Waals surface area contributed by atoms with Gasteiger partial charge in [0, 0.05) is 28.8 Å². The first kappa shape index (κ1) is 17.5. The molecule has 0 spiro atoms. The lowest BCUT2D eigenvalue weighted by Crippen LogP contribution is -2.69. The fraction of sp³-hybridized carbons (Fsp3) is 0.632. The minimum absolute atomic E-state index is 0.327. The molecule has 7 nitrogen and oxygen atoms in total. The highest BCUT2D eigenvalue weighted by molar-refractivity contribution is 7.10. The maximum absolute atomic E-state index is 11.8. The summed E-state index contributed by atoms with van der Waals surface area (Å²) in [6, 6.07) is 0. The van der Waals surface area contributed by atoms with E-state index in [0.29, 0.717) is 28.3 Å². The number of nitrogens with zero attached hydrogens (tertiary/aromatic N) is 2. The minimum atomic E-state index is -2.09. The van der Waals surface area contributed by atoms with E-state index in [1.165, 1.54) is 42.8 Å². The lowest BCUT2D eigenvalue weighted by atomic mass is 9.52. The van der Waals surface area contributed by atoms with Gasteiger partial charge in [-0.05, 0) is 62.4 Å². The number of aliphatic hydroxyl groups is 2. The molecule has 4 bridgehead atoms. The number of thiazole rings is 1. The zero-order chi connectivity index (χ0) is 18.8. The van der Waals surface area contributed by atoms with E-state index >= 15 is 0 Å². The summed E-state index contributed by atoms with van der Waals surface area (Å²) in [6.45, 7) is 0. The van der Waals surface area contributed by atoms with E-state index < -0.39 is 22.4 Å². The third-order valence-electron chi connectivity index (χ3n) is 6.82. The van der Waals surface area contributed by atoms with Crippen LogP contribution in [0, 0.1) is 27.9 Å². The number of allylic oxidation sites excluding steroid dienone is 2. The summed E-state index contributed by atoms with van der Waals surface area (Å²) in [6.07, 6.45) is 9.47. The molecule has 1 aromatic rings. The van der Waals surface area contributed by atoms with Crippen molar-refractivity contribution in [2.24, 2.45) is 17.8 Å². The highest BCUT2D eigenvalue weighted by atomic mass is 32.1. The van der Waals surface area contributed by atoms with Gasteiger partial charge in [-0.25, -0.2) is 4.98 Å². The molecule has 0 aliphatic heterocycles. The van der Waals surface area contributed by atoms with Crippen molar-refractivity contribution in [1.29, 1.82) is 0 Å². The van der Waals surface area contributed by atoms with Gasteiger partial charge >= 0.3 is 0 Å². The molecule has 0 saturated heterocycles. The van der Waals surface area contributed by atoms with Crippen LogP contribution in [-0.2, 0) is 0 Å². The summed E-state index contributed by atoms with van der Waals surface area (Å²) in [4.78, 5) is 15.4. The van der Waals surface area contributed by atoms with Gasteiger partial charge in [0.05, 0.1) is 4.92 Å². The molecular formula is C19H23N3O4S. The average molecular weight is 389 g/mol.